The summed E-state index contributed by atoms with van der Waals surface area (Å²) in [4.78, 5) is 12.2. The lowest BCUT2D eigenvalue weighted by Gasteiger charge is -2.14. The fraction of sp³-hybridized carbons (Fsp3) is 0.562. The van der Waals surface area contributed by atoms with Crippen LogP contribution in [0.3, 0.4) is 0 Å². The van der Waals surface area contributed by atoms with Gasteiger partial charge in [0.05, 0.1) is 16.7 Å². The van der Waals surface area contributed by atoms with Gasteiger partial charge < -0.3 is 5.32 Å². The highest BCUT2D eigenvalue weighted by molar-refractivity contribution is 7.99. The third-order valence-corrected chi connectivity index (χ3v) is 5.38. The molecule has 0 aliphatic heterocycles. The second kappa shape index (κ2) is 8.58. The standard InChI is InChI=1S/C16H25NO3S2/c1-12(2)9-10-21-11-16(18)17-13(3)14-5-7-15(8-6-14)22(4,19)20/h5-8,12-13H,9-11H2,1-4H3,(H,17,18)/t13-/m1/s1. The number of benzene rings is 1. The summed E-state index contributed by atoms with van der Waals surface area (Å²) in [6, 6.07) is 6.50. The van der Waals surface area contributed by atoms with Gasteiger partial charge in [-0.05, 0) is 42.7 Å². The summed E-state index contributed by atoms with van der Waals surface area (Å²) in [6.45, 7) is 6.23. The molecule has 124 valence electrons. The van der Waals surface area contributed by atoms with Gasteiger partial charge in [0.2, 0.25) is 5.91 Å². The Bertz CT molecular complexity index is 580. The maximum absolute atomic E-state index is 11.9. The van der Waals surface area contributed by atoms with Gasteiger partial charge in [-0.15, -0.1) is 0 Å². The van der Waals surface area contributed by atoms with E-state index in [2.05, 4.69) is 19.2 Å². The molecule has 1 N–H and O–H groups in total. The Morgan fingerprint density at radius 1 is 1.18 bits per heavy atom. The summed E-state index contributed by atoms with van der Waals surface area (Å²) in [5, 5.41) is 2.93. The van der Waals surface area contributed by atoms with Crippen LogP contribution in [0.1, 0.15) is 38.8 Å². The maximum Gasteiger partial charge on any atom is 0.230 e. The minimum absolute atomic E-state index is 0.00782. The van der Waals surface area contributed by atoms with Gasteiger partial charge in [-0.3, -0.25) is 4.79 Å². The summed E-state index contributed by atoms with van der Waals surface area (Å²) in [5.74, 6) is 2.11. The molecule has 1 aromatic carbocycles. The molecule has 1 atom stereocenters. The average molecular weight is 344 g/mol. The van der Waals surface area contributed by atoms with Crippen molar-refractivity contribution < 1.29 is 13.2 Å². The van der Waals surface area contributed by atoms with Gasteiger partial charge in [-0.1, -0.05) is 26.0 Å². The lowest BCUT2D eigenvalue weighted by Crippen LogP contribution is -2.28. The summed E-state index contributed by atoms with van der Waals surface area (Å²) in [5.41, 5.74) is 0.896. The first kappa shape index (κ1) is 19.0. The molecule has 0 aliphatic carbocycles. The molecule has 4 nitrogen and oxygen atoms in total. The lowest BCUT2D eigenvalue weighted by molar-refractivity contribution is -0.119. The number of carbonyl (C=O) groups excluding carboxylic acids is 1. The van der Waals surface area contributed by atoms with Crippen molar-refractivity contribution in [3.8, 4) is 0 Å². The number of sulfone groups is 1. The predicted molar refractivity (Wildman–Crippen MR) is 92.9 cm³/mol. The van der Waals surface area contributed by atoms with E-state index >= 15 is 0 Å². The van der Waals surface area contributed by atoms with Crippen molar-refractivity contribution in [3.05, 3.63) is 29.8 Å². The summed E-state index contributed by atoms with van der Waals surface area (Å²) < 4.78 is 22.8. The molecular weight excluding hydrogens is 318 g/mol. The molecule has 0 fully saturated rings. The van der Waals surface area contributed by atoms with Crippen molar-refractivity contribution in [2.24, 2.45) is 5.92 Å². The van der Waals surface area contributed by atoms with Crippen LogP contribution in [0.25, 0.3) is 0 Å². The van der Waals surface area contributed by atoms with E-state index in [1.165, 1.54) is 6.26 Å². The van der Waals surface area contributed by atoms with Crippen LogP contribution in [0, 0.1) is 5.92 Å². The summed E-state index contributed by atoms with van der Waals surface area (Å²) in [7, 11) is -3.18. The van der Waals surface area contributed by atoms with E-state index in [9.17, 15) is 13.2 Å². The van der Waals surface area contributed by atoms with Crippen molar-refractivity contribution in [1.29, 1.82) is 0 Å². The van der Waals surface area contributed by atoms with Crippen molar-refractivity contribution >= 4 is 27.5 Å². The van der Waals surface area contributed by atoms with Crippen LogP contribution in [0.4, 0.5) is 0 Å². The van der Waals surface area contributed by atoms with Gasteiger partial charge in [0.15, 0.2) is 9.84 Å². The molecule has 0 aromatic heterocycles. The van der Waals surface area contributed by atoms with Crippen LogP contribution in [0.15, 0.2) is 29.2 Å². The van der Waals surface area contributed by atoms with E-state index in [4.69, 9.17) is 0 Å². The zero-order valence-corrected chi connectivity index (χ0v) is 15.3. The topological polar surface area (TPSA) is 63.2 Å². The molecule has 0 spiro atoms. The van der Waals surface area contributed by atoms with E-state index in [0.717, 1.165) is 17.7 Å². The lowest BCUT2D eigenvalue weighted by atomic mass is 10.1. The summed E-state index contributed by atoms with van der Waals surface area (Å²) in [6.07, 6.45) is 2.29. The molecule has 6 heteroatoms. The van der Waals surface area contributed by atoms with E-state index in [1.807, 2.05) is 6.92 Å². The zero-order chi connectivity index (χ0) is 16.8. The molecule has 1 amide bonds. The largest absolute Gasteiger partial charge is 0.349 e. The molecule has 1 rings (SSSR count). The Balaban J connectivity index is 2.47. The molecule has 0 saturated heterocycles. The molecule has 0 bridgehead atoms. The van der Waals surface area contributed by atoms with E-state index < -0.39 is 9.84 Å². The molecule has 1 aromatic rings. The third kappa shape index (κ3) is 6.83. The Morgan fingerprint density at radius 3 is 2.27 bits per heavy atom. The fourth-order valence-electron chi connectivity index (χ4n) is 1.85. The minimum atomic E-state index is -3.18. The van der Waals surface area contributed by atoms with E-state index in [1.54, 1.807) is 36.0 Å². The van der Waals surface area contributed by atoms with Gasteiger partial charge in [0, 0.05) is 6.26 Å². The van der Waals surface area contributed by atoms with Crippen LogP contribution in [0.5, 0.6) is 0 Å². The maximum atomic E-state index is 11.9. The van der Waals surface area contributed by atoms with E-state index in [0.29, 0.717) is 16.6 Å². The first-order valence-corrected chi connectivity index (χ1v) is 10.4. The SMILES string of the molecule is CC(C)CCSCC(=O)N[C@H](C)c1ccc(S(C)(=O)=O)cc1. The van der Waals surface area contributed by atoms with Gasteiger partial charge in [0.25, 0.3) is 0 Å². The highest BCUT2D eigenvalue weighted by atomic mass is 32.2. The Labute approximate surface area is 138 Å². The molecular formula is C16H25NO3S2. The number of amides is 1. The Hall–Kier alpha value is -1.01. The molecule has 0 unspecified atom stereocenters. The molecule has 0 radical (unpaired) electrons. The highest BCUT2D eigenvalue weighted by Crippen LogP contribution is 2.16. The second-order valence-corrected chi connectivity index (χ2v) is 8.99. The van der Waals surface area contributed by atoms with E-state index in [-0.39, 0.29) is 11.9 Å². The van der Waals surface area contributed by atoms with Crippen molar-refractivity contribution in [3.63, 3.8) is 0 Å². The first-order valence-electron chi connectivity index (χ1n) is 7.37. The van der Waals surface area contributed by atoms with Gasteiger partial charge in [-0.2, -0.15) is 11.8 Å². The van der Waals surface area contributed by atoms with Crippen LogP contribution in [-0.4, -0.2) is 32.1 Å². The Morgan fingerprint density at radius 2 is 1.77 bits per heavy atom. The molecule has 0 heterocycles. The van der Waals surface area contributed by atoms with Gasteiger partial charge >= 0.3 is 0 Å². The van der Waals surface area contributed by atoms with Crippen molar-refractivity contribution in [2.45, 2.75) is 38.1 Å². The monoisotopic (exact) mass is 343 g/mol. The normalized spacial score (nSPS) is 13.1. The smallest absolute Gasteiger partial charge is 0.230 e. The number of rotatable bonds is 8. The molecule has 22 heavy (non-hydrogen) atoms. The third-order valence-electron chi connectivity index (χ3n) is 3.26. The number of hydrogen-bond acceptors (Lipinski definition) is 4. The van der Waals surface area contributed by atoms with Crippen LogP contribution < -0.4 is 5.32 Å². The van der Waals surface area contributed by atoms with Gasteiger partial charge in [0.1, 0.15) is 0 Å². The van der Waals surface area contributed by atoms with Gasteiger partial charge in [-0.25, -0.2) is 8.42 Å². The second-order valence-electron chi connectivity index (χ2n) is 5.87. The number of thioether (sulfide) groups is 1. The van der Waals surface area contributed by atoms with Crippen molar-refractivity contribution in [2.75, 3.05) is 17.8 Å². The van der Waals surface area contributed by atoms with Crippen LogP contribution >= 0.6 is 11.8 Å². The zero-order valence-electron chi connectivity index (χ0n) is 13.6. The minimum Gasteiger partial charge on any atom is -0.349 e. The fourth-order valence-corrected chi connectivity index (χ4v) is 3.54. The summed E-state index contributed by atoms with van der Waals surface area (Å²) >= 11 is 1.64. The quantitative estimate of drug-likeness (QED) is 0.737. The van der Waals surface area contributed by atoms with Crippen molar-refractivity contribution in [1.82, 2.24) is 5.32 Å². The Kier molecular flexibility index (Phi) is 7.42. The molecule has 0 saturated carbocycles. The first-order chi connectivity index (χ1) is 10.2. The highest BCUT2D eigenvalue weighted by Gasteiger charge is 2.12. The molecule has 0 aliphatic rings. The number of hydrogen-bond donors (Lipinski definition) is 1. The average Bonchev–Trinajstić information content (AvgIpc) is 2.42. The number of carbonyl (C=O) groups is 1. The van der Waals surface area contributed by atoms with Crippen LogP contribution in [0.2, 0.25) is 0 Å². The predicted octanol–water partition coefficient (Wildman–Crippen LogP) is 3.05. The van der Waals surface area contributed by atoms with Crippen LogP contribution in [-0.2, 0) is 14.6 Å². The number of nitrogens with one attached hydrogen (secondary N) is 1.